The third-order valence-corrected chi connectivity index (χ3v) is 4.10. The number of nitrogens with zero attached hydrogens (tertiary/aromatic N) is 1. The monoisotopic (exact) mass is 355 g/mol. The van der Waals surface area contributed by atoms with Gasteiger partial charge in [0.15, 0.2) is 0 Å². The van der Waals surface area contributed by atoms with E-state index < -0.39 is 47.2 Å². The molecular formula is C16H25N3O6. The summed E-state index contributed by atoms with van der Waals surface area (Å²) in [7, 11) is 0. The molecule has 1 aliphatic carbocycles. The van der Waals surface area contributed by atoms with Crippen molar-refractivity contribution in [1.29, 1.82) is 0 Å². The van der Waals surface area contributed by atoms with Crippen LogP contribution in [0.15, 0.2) is 15.8 Å². The van der Waals surface area contributed by atoms with Crippen LogP contribution in [-0.2, 0) is 11.2 Å². The second-order valence-corrected chi connectivity index (χ2v) is 7.21. The molecule has 1 fully saturated rings. The molecule has 4 unspecified atom stereocenters. The molecule has 9 heteroatoms. The molecule has 0 aliphatic heterocycles. The zero-order valence-corrected chi connectivity index (χ0v) is 14.8. The number of aryl methyl sites for hydroxylation is 1. The summed E-state index contributed by atoms with van der Waals surface area (Å²) in [4.78, 5) is 38.1. The van der Waals surface area contributed by atoms with Crippen LogP contribution >= 0.6 is 0 Å². The van der Waals surface area contributed by atoms with E-state index in [-0.39, 0.29) is 6.42 Å². The highest BCUT2D eigenvalue weighted by Gasteiger charge is 2.44. The summed E-state index contributed by atoms with van der Waals surface area (Å²) in [5.74, 6) is 0. The van der Waals surface area contributed by atoms with Crippen molar-refractivity contribution in [3.05, 3.63) is 32.6 Å². The number of carbonyl (C=O) groups is 1. The Balaban J connectivity index is 2.34. The van der Waals surface area contributed by atoms with E-state index in [1.165, 1.54) is 6.20 Å². The van der Waals surface area contributed by atoms with Crippen LogP contribution in [-0.4, -0.2) is 49.7 Å². The van der Waals surface area contributed by atoms with Gasteiger partial charge in [0, 0.05) is 11.8 Å². The van der Waals surface area contributed by atoms with E-state index in [4.69, 9.17) is 4.74 Å². The normalized spacial score (nSPS) is 26.5. The summed E-state index contributed by atoms with van der Waals surface area (Å²) in [6, 6.07) is -1.65. The number of aromatic amines is 1. The number of hydrogen-bond donors (Lipinski definition) is 4. The molecule has 0 radical (unpaired) electrons. The number of carbonyl (C=O) groups excluding carboxylic acids is 1. The van der Waals surface area contributed by atoms with Gasteiger partial charge in [0.2, 0.25) is 0 Å². The van der Waals surface area contributed by atoms with E-state index in [0.29, 0.717) is 12.0 Å². The third kappa shape index (κ3) is 4.29. The fourth-order valence-electron chi connectivity index (χ4n) is 2.97. The zero-order chi connectivity index (χ0) is 18.9. The number of aromatic nitrogens is 2. The van der Waals surface area contributed by atoms with Gasteiger partial charge < -0.3 is 20.3 Å². The van der Waals surface area contributed by atoms with Crippen LogP contribution in [0.2, 0.25) is 0 Å². The highest BCUT2D eigenvalue weighted by atomic mass is 16.6. The first-order valence-electron chi connectivity index (χ1n) is 8.23. The fourth-order valence-corrected chi connectivity index (χ4v) is 2.97. The molecule has 1 aromatic heterocycles. The van der Waals surface area contributed by atoms with Gasteiger partial charge in [-0.3, -0.25) is 14.3 Å². The summed E-state index contributed by atoms with van der Waals surface area (Å²) in [5, 5.41) is 22.9. The molecule has 9 nitrogen and oxygen atoms in total. The Labute approximate surface area is 144 Å². The van der Waals surface area contributed by atoms with Gasteiger partial charge in [-0.15, -0.1) is 0 Å². The number of nitrogens with one attached hydrogen (secondary N) is 2. The molecule has 0 bridgehead atoms. The number of hydrogen-bond acceptors (Lipinski definition) is 6. The van der Waals surface area contributed by atoms with Gasteiger partial charge in [-0.25, -0.2) is 9.59 Å². The maximum atomic E-state index is 12.2. The van der Waals surface area contributed by atoms with Gasteiger partial charge in [0.25, 0.3) is 5.56 Å². The SMILES string of the molecule is CCc1cn(C2C(NC(=O)OC(C)(C)C)CC(O)C2O)c(=O)[nH]c1=O. The summed E-state index contributed by atoms with van der Waals surface area (Å²) in [6.45, 7) is 6.89. The van der Waals surface area contributed by atoms with Gasteiger partial charge in [0.1, 0.15) is 11.7 Å². The first-order chi connectivity index (χ1) is 11.5. The molecule has 1 heterocycles. The van der Waals surface area contributed by atoms with Gasteiger partial charge in [-0.2, -0.15) is 0 Å². The van der Waals surface area contributed by atoms with Gasteiger partial charge in [0.05, 0.1) is 18.2 Å². The van der Waals surface area contributed by atoms with Crippen molar-refractivity contribution in [3.63, 3.8) is 0 Å². The molecule has 0 saturated heterocycles. The number of alkyl carbamates (subject to hydrolysis) is 1. The van der Waals surface area contributed by atoms with E-state index >= 15 is 0 Å². The van der Waals surface area contributed by atoms with Crippen molar-refractivity contribution >= 4 is 6.09 Å². The number of H-pyrrole nitrogens is 1. The summed E-state index contributed by atoms with van der Waals surface area (Å²) in [6.07, 6.45) is -1.29. The Bertz CT molecular complexity index is 747. The maximum absolute atomic E-state index is 12.2. The second kappa shape index (κ2) is 7.01. The summed E-state index contributed by atoms with van der Waals surface area (Å²) >= 11 is 0. The van der Waals surface area contributed by atoms with Crippen molar-refractivity contribution < 1.29 is 19.7 Å². The van der Waals surface area contributed by atoms with Crippen LogP contribution in [0.1, 0.15) is 45.7 Å². The average Bonchev–Trinajstić information content (AvgIpc) is 2.72. The lowest BCUT2D eigenvalue weighted by molar-refractivity contribution is 0.0211. The van der Waals surface area contributed by atoms with Crippen LogP contribution in [0.5, 0.6) is 0 Å². The van der Waals surface area contributed by atoms with Crippen LogP contribution in [0, 0.1) is 0 Å². The number of aliphatic hydroxyl groups excluding tert-OH is 2. The number of ether oxygens (including phenoxy) is 1. The Morgan fingerprint density at radius 1 is 1.40 bits per heavy atom. The minimum absolute atomic E-state index is 0.0537. The molecule has 1 saturated carbocycles. The van der Waals surface area contributed by atoms with Crippen molar-refractivity contribution in [2.75, 3.05) is 0 Å². The van der Waals surface area contributed by atoms with Gasteiger partial charge in [-0.05, 0) is 33.6 Å². The Kier molecular flexibility index (Phi) is 5.38. The lowest BCUT2D eigenvalue weighted by atomic mass is 10.1. The van der Waals surface area contributed by atoms with Crippen molar-refractivity contribution in [2.45, 2.75) is 70.4 Å². The number of amides is 1. The quantitative estimate of drug-likeness (QED) is 0.586. The van der Waals surface area contributed by atoms with Gasteiger partial charge >= 0.3 is 11.8 Å². The van der Waals surface area contributed by atoms with E-state index in [1.54, 1.807) is 27.7 Å². The van der Waals surface area contributed by atoms with E-state index in [9.17, 15) is 24.6 Å². The first-order valence-corrected chi connectivity index (χ1v) is 8.23. The molecular weight excluding hydrogens is 330 g/mol. The summed E-state index contributed by atoms with van der Waals surface area (Å²) < 4.78 is 6.35. The summed E-state index contributed by atoms with van der Waals surface area (Å²) in [5.41, 5.74) is -1.55. The van der Waals surface area contributed by atoms with Crippen LogP contribution in [0.25, 0.3) is 0 Å². The topological polar surface area (TPSA) is 134 Å². The number of rotatable bonds is 3. The Hall–Kier alpha value is -2.13. The largest absolute Gasteiger partial charge is 0.444 e. The van der Waals surface area contributed by atoms with Gasteiger partial charge in [-0.1, -0.05) is 6.92 Å². The molecule has 25 heavy (non-hydrogen) atoms. The van der Waals surface area contributed by atoms with E-state index in [1.807, 2.05) is 0 Å². The average molecular weight is 355 g/mol. The lowest BCUT2D eigenvalue weighted by Gasteiger charge is -2.27. The van der Waals surface area contributed by atoms with Crippen LogP contribution < -0.4 is 16.6 Å². The van der Waals surface area contributed by atoms with Crippen molar-refractivity contribution in [2.24, 2.45) is 0 Å². The maximum Gasteiger partial charge on any atom is 0.407 e. The molecule has 0 aromatic carbocycles. The molecule has 2 rings (SSSR count). The molecule has 1 amide bonds. The predicted molar refractivity (Wildman–Crippen MR) is 89.5 cm³/mol. The number of aliphatic hydroxyl groups is 2. The van der Waals surface area contributed by atoms with Crippen LogP contribution in [0.3, 0.4) is 0 Å². The molecule has 0 spiro atoms. The highest BCUT2D eigenvalue weighted by molar-refractivity contribution is 5.68. The van der Waals surface area contributed by atoms with Crippen molar-refractivity contribution in [3.8, 4) is 0 Å². The zero-order valence-electron chi connectivity index (χ0n) is 14.8. The third-order valence-electron chi connectivity index (χ3n) is 4.10. The first kappa shape index (κ1) is 19.2. The van der Waals surface area contributed by atoms with E-state index in [0.717, 1.165) is 4.57 Å². The molecule has 1 aliphatic rings. The van der Waals surface area contributed by atoms with Crippen molar-refractivity contribution in [1.82, 2.24) is 14.9 Å². The minimum atomic E-state index is -1.27. The predicted octanol–water partition coefficient (Wildman–Crippen LogP) is -0.341. The molecule has 4 atom stereocenters. The Morgan fingerprint density at radius 3 is 2.60 bits per heavy atom. The smallest absolute Gasteiger partial charge is 0.407 e. The standard InChI is InChI=1S/C16H25N3O6/c1-5-8-7-19(14(23)18-13(8)22)11-9(6-10(20)12(11)21)17-15(24)25-16(2,3)4/h7,9-12,20-21H,5-6H2,1-4H3,(H,17,24)(H,18,22,23). The highest BCUT2D eigenvalue weighted by Crippen LogP contribution is 2.30. The van der Waals surface area contributed by atoms with E-state index in [2.05, 4.69) is 10.3 Å². The molecule has 4 N–H and O–H groups in total. The van der Waals surface area contributed by atoms with Crippen LogP contribution in [0.4, 0.5) is 4.79 Å². The fraction of sp³-hybridized carbons (Fsp3) is 0.688. The Morgan fingerprint density at radius 2 is 2.04 bits per heavy atom. The minimum Gasteiger partial charge on any atom is -0.444 e. The second-order valence-electron chi connectivity index (χ2n) is 7.21. The molecule has 1 aromatic rings. The molecule has 140 valence electrons. The lowest BCUT2D eigenvalue weighted by Crippen LogP contribution is -2.47.